The third kappa shape index (κ3) is 3.03. The molecule has 0 spiro atoms. The Morgan fingerprint density at radius 3 is 2.32 bits per heavy atom. The van der Waals surface area contributed by atoms with E-state index >= 15 is 0 Å². The summed E-state index contributed by atoms with van der Waals surface area (Å²) in [5.74, 6) is -0.0374. The molecule has 1 unspecified atom stereocenters. The number of fused-ring (bicyclic) bond motifs is 1. The molecular weight excluding hydrogens is 400 g/mol. The minimum absolute atomic E-state index is 0.0374. The Labute approximate surface area is 159 Å². The molecule has 3 nitrogen and oxygen atoms in total. The number of carbonyl (C=O) groups is 1. The van der Waals surface area contributed by atoms with E-state index in [4.69, 9.17) is 11.6 Å². The van der Waals surface area contributed by atoms with Crippen LogP contribution in [0.25, 0.3) is 0 Å². The fourth-order valence-electron chi connectivity index (χ4n) is 3.00. The van der Waals surface area contributed by atoms with Gasteiger partial charge in [-0.15, -0.1) is 0 Å². The summed E-state index contributed by atoms with van der Waals surface area (Å²) >= 11 is 9.47. The summed E-state index contributed by atoms with van der Waals surface area (Å²) in [7, 11) is 0. The van der Waals surface area contributed by atoms with Crippen LogP contribution in [0.2, 0.25) is 5.02 Å². The van der Waals surface area contributed by atoms with Crippen LogP contribution in [0.1, 0.15) is 22.1 Å². The minimum atomic E-state index is -0.295. The molecule has 25 heavy (non-hydrogen) atoms. The van der Waals surface area contributed by atoms with Gasteiger partial charge in [0.25, 0.3) is 5.91 Å². The van der Waals surface area contributed by atoms with Crippen molar-refractivity contribution in [3.8, 4) is 0 Å². The molecule has 0 aliphatic carbocycles. The zero-order valence-electron chi connectivity index (χ0n) is 13.1. The molecule has 0 radical (unpaired) electrons. The van der Waals surface area contributed by atoms with Crippen LogP contribution in [0.3, 0.4) is 0 Å². The average Bonchev–Trinajstić information content (AvgIpc) is 2.63. The molecule has 0 saturated heterocycles. The molecule has 124 valence electrons. The fraction of sp³-hybridized carbons (Fsp3) is 0.0500. The number of anilines is 2. The first-order valence-corrected chi connectivity index (χ1v) is 9.01. The van der Waals surface area contributed by atoms with Gasteiger partial charge in [0.05, 0.1) is 5.56 Å². The molecule has 0 bridgehead atoms. The fourth-order valence-corrected chi connectivity index (χ4v) is 3.39. The van der Waals surface area contributed by atoms with E-state index in [2.05, 4.69) is 21.2 Å². The minimum Gasteiger partial charge on any atom is -0.360 e. The predicted molar refractivity (Wildman–Crippen MR) is 105 cm³/mol. The van der Waals surface area contributed by atoms with Crippen LogP contribution >= 0.6 is 27.5 Å². The second-order valence-corrected chi connectivity index (χ2v) is 7.15. The van der Waals surface area contributed by atoms with Gasteiger partial charge in [-0.2, -0.15) is 0 Å². The highest BCUT2D eigenvalue weighted by atomic mass is 79.9. The smallest absolute Gasteiger partial charge is 0.262 e. The summed E-state index contributed by atoms with van der Waals surface area (Å²) in [5, 5.41) is 4.12. The first-order valence-electron chi connectivity index (χ1n) is 7.83. The molecule has 1 aliphatic heterocycles. The zero-order chi connectivity index (χ0) is 17.4. The molecule has 0 fully saturated rings. The van der Waals surface area contributed by atoms with E-state index in [0.717, 1.165) is 21.4 Å². The molecule has 1 N–H and O–H groups in total. The van der Waals surface area contributed by atoms with Gasteiger partial charge in [0.1, 0.15) is 6.17 Å². The summed E-state index contributed by atoms with van der Waals surface area (Å²) in [6.45, 7) is 0. The summed E-state index contributed by atoms with van der Waals surface area (Å²) in [5.41, 5.74) is 3.29. The van der Waals surface area contributed by atoms with Crippen molar-refractivity contribution in [1.29, 1.82) is 0 Å². The lowest BCUT2D eigenvalue weighted by atomic mass is 10.0. The van der Waals surface area contributed by atoms with Gasteiger partial charge in [-0.25, -0.2) is 0 Å². The molecule has 0 saturated carbocycles. The molecule has 4 rings (SSSR count). The largest absolute Gasteiger partial charge is 0.360 e. The van der Waals surface area contributed by atoms with E-state index in [-0.39, 0.29) is 12.1 Å². The van der Waals surface area contributed by atoms with Gasteiger partial charge in [0.15, 0.2) is 0 Å². The average molecular weight is 414 g/mol. The molecular formula is C20H14BrClN2O. The van der Waals surface area contributed by atoms with Gasteiger partial charge in [0.2, 0.25) is 0 Å². The van der Waals surface area contributed by atoms with Crippen LogP contribution in [0.15, 0.2) is 77.3 Å². The Morgan fingerprint density at radius 1 is 0.920 bits per heavy atom. The number of para-hydroxylation sites is 1. The number of hydrogen-bond acceptors (Lipinski definition) is 2. The van der Waals surface area contributed by atoms with Gasteiger partial charge in [-0.1, -0.05) is 51.8 Å². The van der Waals surface area contributed by atoms with Crippen LogP contribution in [0.4, 0.5) is 11.4 Å². The second-order valence-electron chi connectivity index (χ2n) is 5.80. The van der Waals surface area contributed by atoms with E-state index in [1.165, 1.54) is 0 Å². The Kier molecular flexibility index (Phi) is 4.24. The maximum absolute atomic E-state index is 13.2. The van der Waals surface area contributed by atoms with Crippen molar-refractivity contribution >= 4 is 44.8 Å². The lowest BCUT2D eigenvalue weighted by molar-refractivity contribution is 0.0975. The Hall–Kier alpha value is -2.30. The van der Waals surface area contributed by atoms with Crippen LogP contribution in [-0.4, -0.2) is 5.91 Å². The van der Waals surface area contributed by atoms with E-state index in [0.29, 0.717) is 10.6 Å². The van der Waals surface area contributed by atoms with E-state index in [1.807, 2.05) is 60.7 Å². The molecule has 0 aromatic heterocycles. The van der Waals surface area contributed by atoms with Crippen molar-refractivity contribution in [3.63, 3.8) is 0 Å². The number of benzene rings is 3. The van der Waals surface area contributed by atoms with Crippen molar-refractivity contribution in [1.82, 2.24) is 0 Å². The normalized spacial score (nSPS) is 16.3. The van der Waals surface area contributed by atoms with E-state index in [1.54, 1.807) is 17.0 Å². The Morgan fingerprint density at radius 2 is 1.60 bits per heavy atom. The first kappa shape index (κ1) is 16.2. The van der Waals surface area contributed by atoms with Crippen molar-refractivity contribution in [2.24, 2.45) is 0 Å². The third-order valence-electron chi connectivity index (χ3n) is 4.22. The summed E-state index contributed by atoms with van der Waals surface area (Å²) in [4.78, 5) is 15.0. The van der Waals surface area contributed by atoms with Gasteiger partial charge < -0.3 is 5.32 Å². The maximum atomic E-state index is 13.2. The number of amides is 1. The topological polar surface area (TPSA) is 32.3 Å². The van der Waals surface area contributed by atoms with Gasteiger partial charge in [0, 0.05) is 20.9 Å². The molecule has 5 heteroatoms. The van der Waals surface area contributed by atoms with E-state index in [9.17, 15) is 4.79 Å². The zero-order valence-corrected chi connectivity index (χ0v) is 15.5. The van der Waals surface area contributed by atoms with Gasteiger partial charge in [-0.3, -0.25) is 9.69 Å². The molecule has 1 heterocycles. The van der Waals surface area contributed by atoms with Gasteiger partial charge >= 0.3 is 0 Å². The summed E-state index contributed by atoms with van der Waals surface area (Å²) in [6, 6.07) is 22.8. The monoisotopic (exact) mass is 412 g/mol. The second kappa shape index (κ2) is 6.54. The standard InChI is InChI=1S/C20H14BrClN2O/c21-14-7-5-13(6-8-14)19-23-18-4-2-1-3-17(18)20(25)24(19)16-11-9-15(22)10-12-16/h1-12,19,23H. The molecule has 1 atom stereocenters. The number of hydrogen-bond donors (Lipinski definition) is 1. The number of halogens is 2. The lowest BCUT2D eigenvalue weighted by Gasteiger charge is -2.38. The van der Waals surface area contributed by atoms with Crippen LogP contribution < -0.4 is 10.2 Å². The van der Waals surface area contributed by atoms with Crippen LogP contribution in [0, 0.1) is 0 Å². The Bertz CT molecular complexity index is 925. The van der Waals surface area contributed by atoms with Crippen molar-refractivity contribution in [2.45, 2.75) is 6.17 Å². The lowest BCUT2D eigenvalue weighted by Crippen LogP contribution is -2.43. The molecule has 1 aliphatic rings. The number of nitrogens with one attached hydrogen (secondary N) is 1. The molecule has 3 aromatic carbocycles. The summed E-state index contributed by atoms with van der Waals surface area (Å²) in [6.07, 6.45) is -0.295. The van der Waals surface area contributed by atoms with Crippen molar-refractivity contribution < 1.29 is 4.79 Å². The predicted octanol–water partition coefficient (Wildman–Crippen LogP) is 5.87. The van der Waals surface area contributed by atoms with E-state index < -0.39 is 0 Å². The van der Waals surface area contributed by atoms with Crippen molar-refractivity contribution in [2.75, 3.05) is 10.2 Å². The third-order valence-corrected chi connectivity index (χ3v) is 5.00. The SMILES string of the molecule is O=C1c2ccccc2NC(c2ccc(Br)cc2)N1c1ccc(Cl)cc1. The molecule has 1 amide bonds. The summed E-state index contributed by atoms with van der Waals surface area (Å²) < 4.78 is 0.997. The first-order chi connectivity index (χ1) is 12.1. The van der Waals surface area contributed by atoms with Crippen LogP contribution in [0.5, 0.6) is 0 Å². The Balaban J connectivity index is 1.85. The number of rotatable bonds is 2. The molecule has 3 aromatic rings. The highest BCUT2D eigenvalue weighted by molar-refractivity contribution is 9.10. The van der Waals surface area contributed by atoms with Crippen molar-refractivity contribution in [3.05, 3.63) is 93.4 Å². The quantitative estimate of drug-likeness (QED) is 0.569. The number of nitrogens with zero attached hydrogens (tertiary/aromatic N) is 1. The van der Waals surface area contributed by atoms with Crippen LogP contribution in [-0.2, 0) is 0 Å². The maximum Gasteiger partial charge on any atom is 0.262 e. The number of carbonyl (C=O) groups excluding carboxylic acids is 1. The highest BCUT2D eigenvalue weighted by Gasteiger charge is 2.33. The van der Waals surface area contributed by atoms with Gasteiger partial charge in [-0.05, 0) is 54.1 Å². The highest BCUT2D eigenvalue weighted by Crippen LogP contribution is 2.37.